The lowest BCUT2D eigenvalue weighted by molar-refractivity contribution is -0.121. The topological polar surface area (TPSA) is 98.5 Å². The molecule has 10 heteroatoms. The molecule has 136 valence electrons. The fourth-order valence-corrected chi connectivity index (χ4v) is 3.96. The zero-order valence-corrected chi connectivity index (χ0v) is 16.1. The predicted molar refractivity (Wildman–Crippen MR) is 98.7 cm³/mol. The summed E-state index contributed by atoms with van der Waals surface area (Å²) in [4.78, 5) is 12.5. The molecule has 0 fully saturated rings. The standard InChI is InChI=1S/C15H16Cl2N2O4S2/c16-11-3-1-4-12(15(11)17)23-8-2-5-13(20)19-9-10-6-7-14(24-10)25(18,21)22/h1,3-4,6-7H,2,5,8-9H2,(H,19,20)(H2,18,21,22). The van der Waals surface area contributed by atoms with Crippen molar-refractivity contribution >= 4 is 50.5 Å². The highest BCUT2D eigenvalue weighted by Gasteiger charge is 2.12. The molecule has 0 atom stereocenters. The Morgan fingerprint density at radius 2 is 2.00 bits per heavy atom. The van der Waals surface area contributed by atoms with Crippen LogP contribution in [0.1, 0.15) is 17.7 Å². The summed E-state index contributed by atoms with van der Waals surface area (Å²) in [5.74, 6) is 0.315. The SMILES string of the molecule is NS(=O)(=O)c1ccc(CNC(=O)CCCOc2cccc(Cl)c2Cl)s1. The van der Waals surface area contributed by atoms with Crippen molar-refractivity contribution in [3.05, 3.63) is 45.3 Å². The summed E-state index contributed by atoms with van der Waals surface area (Å²) in [6.07, 6.45) is 0.771. The highest BCUT2D eigenvalue weighted by molar-refractivity contribution is 7.91. The Hall–Kier alpha value is -1.32. The van der Waals surface area contributed by atoms with E-state index in [1.54, 1.807) is 24.3 Å². The van der Waals surface area contributed by atoms with Crippen molar-refractivity contribution in [3.8, 4) is 5.75 Å². The summed E-state index contributed by atoms with van der Waals surface area (Å²) in [5, 5.41) is 8.51. The van der Waals surface area contributed by atoms with Crippen LogP contribution in [0, 0.1) is 0 Å². The van der Waals surface area contributed by atoms with Crippen LogP contribution in [-0.4, -0.2) is 20.9 Å². The van der Waals surface area contributed by atoms with Crippen LogP contribution in [0.2, 0.25) is 10.0 Å². The van der Waals surface area contributed by atoms with E-state index in [9.17, 15) is 13.2 Å². The van der Waals surface area contributed by atoms with Gasteiger partial charge in [0.15, 0.2) is 0 Å². The third kappa shape index (κ3) is 6.16. The summed E-state index contributed by atoms with van der Waals surface area (Å²) >= 11 is 12.9. The van der Waals surface area contributed by atoms with Crippen molar-refractivity contribution in [1.29, 1.82) is 0 Å². The highest BCUT2D eigenvalue weighted by atomic mass is 35.5. The number of nitrogens with two attached hydrogens (primary N) is 1. The van der Waals surface area contributed by atoms with E-state index in [1.807, 2.05) is 0 Å². The van der Waals surface area contributed by atoms with Crippen LogP contribution >= 0.6 is 34.5 Å². The van der Waals surface area contributed by atoms with Gasteiger partial charge in [-0.15, -0.1) is 11.3 Å². The molecule has 0 unspecified atom stereocenters. The van der Waals surface area contributed by atoms with Gasteiger partial charge in [-0.3, -0.25) is 4.79 Å². The van der Waals surface area contributed by atoms with Crippen LogP contribution in [0.4, 0.5) is 0 Å². The molecule has 1 amide bonds. The number of benzene rings is 1. The van der Waals surface area contributed by atoms with Gasteiger partial charge >= 0.3 is 0 Å². The maximum atomic E-state index is 11.8. The number of halogens is 2. The molecule has 1 aromatic carbocycles. The third-order valence-corrected chi connectivity index (χ3v) is 6.42. The number of carbonyl (C=O) groups is 1. The summed E-state index contributed by atoms with van der Waals surface area (Å²) < 4.78 is 27.9. The second kappa shape index (κ2) is 8.86. The molecular weight excluding hydrogens is 407 g/mol. The lowest BCUT2D eigenvalue weighted by Gasteiger charge is -2.08. The van der Waals surface area contributed by atoms with E-state index >= 15 is 0 Å². The second-order valence-corrected chi connectivity index (χ2v) is 8.79. The Morgan fingerprint density at radius 3 is 2.68 bits per heavy atom. The van der Waals surface area contributed by atoms with Crippen molar-refractivity contribution in [2.45, 2.75) is 23.6 Å². The summed E-state index contributed by atoms with van der Waals surface area (Å²) in [5.41, 5.74) is 0. The Morgan fingerprint density at radius 1 is 1.24 bits per heavy atom. The Balaban J connectivity index is 1.71. The molecule has 25 heavy (non-hydrogen) atoms. The average molecular weight is 423 g/mol. The Labute approximate surface area is 159 Å². The number of nitrogens with one attached hydrogen (secondary N) is 1. The minimum atomic E-state index is -3.70. The van der Waals surface area contributed by atoms with Crippen LogP contribution in [0.15, 0.2) is 34.5 Å². The zero-order chi connectivity index (χ0) is 18.4. The molecule has 0 saturated heterocycles. The molecule has 0 saturated carbocycles. The van der Waals surface area contributed by atoms with E-state index in [2.05, 4.69) is 5.32 Å². The van der Waals surface area contributed by atoms with Crippen LogP contribution in [0.5, 0.6) is 5.75 Å². The first-order chi connectivity index (χ1) is 11.8. The number of thiophene rings is 1. The summed E-state index contributed by atoms with van der Waals surface area (Å²) in [6, 6.07) is 8.14. The lowest BCUT2D eigenvalue weighted by Crippen LogP contribution is -2.22. The fourth-order valence-electron chi connectivity index (χ4n) is 1.89. The lowest BCUT2D eigenvalue weighted by atomic mass is 10.3. The molecule has 2 aromatic rings. The number of primary sulfonamides is 1. The second-order valence-electron chi connectivity index (χ2n) is 5.05. The fraction of sp³-hybridized carbons (Fsp3) is 0.267. The maximum absolute atomic E-state index is 11.8. The van der Waals surface area contributed by atoms with Gasteiger partial charge < -0.3 is 10.1 Å². The molecule has 3 N–H and O–H groups in total. The normalized spacial score (nSPS) is 11.3. The van der Waals surface area contributed by atoms with E-state index in [0.717, 1.165) is 11.3 Å². The first-order valence-corrected chi connectivity index (χ1v) is 10.3. The van der Waals surface area contributed by atoms with E-state index < -0.39 is 10.0 Å². The van der Waals surface area contributed by atoms with Gasteiger partial charge in [-0.05, 0) is 30.7 Å². The van der Waals surface area contributed by atoms with Gasteiger partial charge in [0.1, 0.15) is 15.0 Å². The Bertz CT molecular complexity index is 853. The minimum absolute atomic E-state index is 0.0727. The number of ether oxygens (including phenoxy) is 1. The zero-order valence-electron chi connectivity index (χ0n) is 13.0. The van der Waals surface area contributed by atoms with Gasteiger partial charge in [0, 0.05) is 11.3 Å². The van der Waals surface area contributed by atoms with E-state index in [0.29, 0.717) is 33.7 Å². The number of rotatable bonds is 8. The predicted octanol–water partition coefficient (Wildman–Crippen LogP) is 3.18. The van der Waals surface area contributed by atoms with Gasteiger partial charge in [0.25, 0.3) is 0 Å². The van der Waals surface area contributed by atoms with E-state index in [-0.39, 0.29) is 23.1 Å². The first kappa shape index (κ1) is 20.0. The van der Waals surface area contributed by atoms with Crippen LogP contribution in [-0.2, 0) is 21.4 Å². The highest BCUT2D eigenvalue weighted by Crippen LogP contribution is 2.31. The van der Waals surface area contributed by atoms with Crippen LogP contribution in [0.25, 0.3) is 0 Å². The average Bonchev–Trinajstić information content (AvgIpc) is 3.02. The van der Waals surface area contributed by atoms with Crippen molar-refractivity contribution in [1.82, 2.24) is 5.32 Å². The van der Waals surface area contributed by atoms with Crippen molar-refractivity contribution < 1.29 is 17.9 Å². The number of sulfonamides is 1. The number of hydrogen-bond donors (Lipinski definition) is 2. The molecule has 0 aliphatic rings. The molecule has 0 bridgehead atoms. The molecule has 0 spiro atoms. The molecule has 0 aliphatic carbocycles. The third-order valence-electron chi connectivity index (χ3n) is 3.10. The van der Waals surface area contributed by atoms with Gasteiger partial charge in [-0.2, -0.15) is 0 Å². The van der Waals surface area contributed by atoms with Crippen molar-refractivity contribution in [2.75, 3.05) is 6.61 Å². The van der Waals surface area contributed by atoms with E-state index in [4.69, 9.17) is 33.1 Å². The molecule has 1 heterocycles. The number of carbonyl (C=O) groups excluding carboxylic acids is 1. The quantitative estimate of drug-likeness (QED) is 0.637. The first-order valence-electron chi connectivity index (χ1n) is 7.22. The molecule has 0 aliphatic heterocycles. The van der Waals surface area contributed by atoms with Gasteiger partial charge in [-0.1, -0.05) is 29.3 Å². The molecular formula is C15H16Cl2N2O4S2. The monoisotopic (exact) mass is 422 g/mol. The van der Waals surface area contributed by atoms with Gasteiger partial charge in [0.2, 0.25) is 15.9 Å². The molecule has 0 radical (unpaired) electrons. The number of amides is 1. The molecule has 1 aromatic heterocycles. The molecule has 2 rings (SSSR count). The number of hydrogen-bond acceptors (Lipinski definition) is 5. The molecule has 6 nitrogen and oxygen atoms in total. The summed E-state index contributed by atoms with van der Waals surface area (Å²) in [6.45, 7) is 0.571. The largest absolute Gasteiger partial charge is 0.492 e. The smallest absolute Gasteiger partial charge is 0.247 e. The van der Waals surface area contributed by atoms with E-state index in [1.165, 1.54) is 6.07 Å². The van der Waals surface area contributed by atoms with Gasteiger partial charge in [-0.25, -0.2) is 13.6 Å². The van der Waals surface area contributed by atoms with Gasteiger partial charge in [0.05, 0.1) is 18.2 Å². The maximum Gasteiger partial charge on any atom is 0.247 e. The van der Waals surface area contributed by atoms with Crippen molar-refractivity contribution in [3.63, 3.8) is 0 Å². The van der Waals surface area contributed by atoms with Crippen molar-refractivity contribution in [2.24, 2.45) is 5.14 Å². The minimum Gasteiger partial charge on any atom is -0.492 e. The van der Waals surface area contributed by atoms with Crippen LogP contribution < -0.4 is 15.2 Å². The Kier molecular flexibility index (Phi) is 7.09. The van der Waals surface area contributed by atoms with Crippen LogP contribution in [0.3, 0.4) is 0 Å². The summed E-state index contributed by atoms with van der Waals surface area (Å²) in [7, 11) is -3.70.